The third-order valence-electron chi connectivity index (χ3n) is 2.83. The van der Waals surface area contributed by atoms with Crippen molar-refractivity contribution < 1.29 is 4.74 Å². The SMILES string of the molecule is CCOC1CC(NCc2cnc(C)[nH]2)C1. The third kappa shape index (κ3) is 2.79. The molecule has 1 aromatic rings. The summed E-state index contributed by atoms with van der Waals surface area (Å²) >= 11 is 0. The van der Waals surface area contributed by atoms with Gasteiger partial charge < -0.3 is 15.0 Å². The Morgan fingerprint density at radius 3 is 3.00 bits per heavy atom. The quantitative estimate of drug-likeness (QED) is 0.770. The molecular formula is C11H19N3O. The molecule has 0 aromatic carbocycles. The van der Waals surface area contributed by atoms with E-state index < -0.39 is 0 Å². The second-order valence-corrected chi connectivity index (χ2v) is 4.12. The van der Waals surface area contributed by atoms with Crippen molar-refractivity contribution in [1.29, 1.82) is 0 Å². The summed E-state index contributed by atoms with van der Waals surface area (Å²) in [4.78, 5) is 7.37. The van der Waals surface area contributed by atoms with Gasteiger partial charge in [-0.3, -0.25) is 0 Å². The van der Waals surface area contributed by atoms with Gasteiger partial charge in [0, 0.05) is 31.1 Å². The molecule has 1 fully saturated rings. The number of aromatic nitrogens is 2. The molecule has 0 atom stereocenters. The normalized spacial score (nSPS) is 25.2. The van der Waals surface area contributed by atoms with Crippen molar-refractivity contribution in [3.8, 4) is 0 Å². The Morgan fingerprint density at radius 1 is 1.60 bits per heavy atom. The van der Waals surface area contributed by atoms with Crippen LogP contribution in [0.3, 0.4) is 0 Å². The summed E-state index contributed by atoms with van der Waals surface area (Å²) in [5.74, 6) is 0.979. The maximum atomic E-state index is 5.50. The van der Waals surface area contributed by atoms with Gasteiger partial charge in [-0.05, 0) is 26.7 Å². The van der Waals surface area contributed by atoms with E-state index in [4.69, 9.17) is 4.74 Å². The van der Waals surface area contributed by atoms with Gasteiger partial charge >= 0.3 is 0 Å². The average molecular weight is 209 g/mol. The van der Waals surface area contributed by atoms with Crippen molar-refractivity contribution in [2.75, 3.05) is 6.61 Å². The Morgan fingerprint density at radius 2 is 2.40 bits per heavy atom. The van der Waals surface area contributed by atoms with Gasteiger partial charge in [-0.2, -0.15) is 0 Å². The second kappa shape index (κ2) is 4.77. The highest BCUT2D eigenvalue weighted by molar-refractivity contribution is 5.00. The number of hydrogen-bond acceptors (Lipinski definition) is 3. The standard InChI is InChI=1S/C11H19N3O/c1-3-15-11-4-9(5-11)13-7-10-6-12-8(2)14-10/h6,9,11,13H,3-5,7H2,1-2H3,(H,12,14). The van der Waals surface area contributed by atoms with Crippen LogP contribution < -0.4 is 5.32 Å². The molecule has 0 bridgehead atoms. The minimum Gasteiger partial charge on any atom is -0.378 e. The summed E-state index contributed by atoms with van der Waals surface area (Å²) in [5.41, 5.74) is 1.16. The van der Waals surface area contributed by atoms with Gasteiger partial charge in [-0.1, -0.05) is 0 Å². The van der Waals surface area contributed by atoms with Crippen LogP contribution in [0.1, 0.15) is 31.3 Å². The van der Waals surface area contributed by atoms with Crippen LogP contribution in [0.5, 0.6) is 0 Å². The van der Waals surface area contributed by atoms with E-state index in [9.17, 15) is 0 Å². The number of rotatable bonds is 5. The molecular weight excluding hydrogens is 190 g/mol. The summed E-state index contributed by atoms with van der Waals surface area (Å²) < 4.78 is 5.50. The first-order chi connectivity index (χ1) is 7.28. The Hall–Kier alpha value is -0.870. The molecule has 4 nitrogen and oxygen atoms in total. The monoisotopic (exact) mass is 209 g/mol. The smallest absolute Gasteiger partial charge is 0.103 e. The molecule has 1 aliphatic carbocycles. The molecule has 0 spiro atoms. The molecule has 1 aromatic heterocycles. The summed E-state index contributed by atoms with van der Waals surface area (Å²) in [7, 11) is 0. The van der Waals surface area contributed by atoms with E-state index in [1.54, 1.807) is 0 Å². The van der Waals surface area contributed by atoms with Crippen molar-refractivity contribution in [2.45, 2.75) is 45.4 Å². The molecule has 2 N–H and O–H groups in total. The van der Waals surface area contributed by atoms with Gasteiger partial charge in [0.05, 0.1) is 6.10 Å². The van der Waals surface area contributed by atoms with E-state index in [1.807, 2.05) is 20.0 Å². The van der Waals surface area contributed by atoms with Gasteiger partial charge in [0.25, 0.3) is 0 Å². The number of hydrogen-bond donors (Lipinski definition) is 2. The Bertz CT molecular complexity index is 305. The Labute approximate surface area is 90.4 Å². The molecule has 1 saturated carbocycles. The predicted octanol–water partition coefficient (Wildman–Crippen LogP) is 1.38. The van der Waals surface area contributed by atoms with Crippen molar-refractivity contribution in [1.82, 2.24) is 15.3 Å². The highest BCUT2D eigenvalue weighted by Crippen LogP contribution is 2.23. The van der Waals surface area contributed by atoms with Gasteiger partial charge in [0.1, 0.15) is 5.82 Å². The van der Waals surface area contributed by atoms with Gasteiger partial charge in [-0.15, -0.1) is 0 Å². The Kier molecular flexibility index (Phi) is 3.38. The molecule has 0 amide bonds. The maximum Gasteiger partial charge on any atom is 0.103 e. The van der Waals surface area contributed by atoms with E-state index in [0.29, 0.717) is 12.1 Å². The zero-order valence-corrected chi connectivity index (χ0v) is 9.42. The van der Waals surface area contributed by atoms with Crippen LogP contribution in [0, 0.1) is 6.92 Å². The van der Waals surface area contributed by atoms with Crippen LogP contribution >= 0.6 is 0 Å². The molecule has 0 unspecified atom stereocenters. The fourth-order valence-corrected chi connectivity index (χ4v) is 1.92. The number of aromatic amines is 1. The van der Waals surface area contributed by atoms with Crippen LogP contribution in [-0.4, -0.2) is 28.7 Å². The summed E-state index contributed by atoms with van der Waals surface area (Å²) in [6.07, 6.45) is 4.65. The van der Waals surface area contributed by atoms with Crippen LogP contribution in [0.4, 0.5) is 0 Å². The molecule has 84 valence electrons. The average Bonchev–Trinajstić information content (AvgIpc) is 2.55. The van der Waals surface area contributed by atoms with E-state index in [-0.39, 0.29) is 0 Å². The molecule has 1 aliphatic rings. The molecule has 2 rings (SSSR count). The first kappa shape index (κ1) is 10.6. The highest BCUT2D eigenvalue weighted by Gasteiger charge is 2.28. The number of ether oxygens (including phenoxy) is 1. The zero-order valence-electron chi connectivity index (χ0n) is 9.42. The van der Waals surface area contributed by atoms with Gasteiger partial charge in [0.15, 0.2) is 0 Å². The highest BCUT2D eigenvalue weighted by atomic mass is 16.5. The van der Waals surface area contributed by atoms with Crippen molar-refractivity contribution >= 4 is 0 Å². The summed E-state index contributed by atoms with van der Waals surface area (Å²) in [5, 5.41) is 3.49. The predicted molar refractivity (Wildman–Crippen MR) is 58.6 cm³/mol. The van der Waals surface area contributed by atoms with E-state index in [0.717, 1.165) is 37.5 Å². The lowest BCUT2D eigenvalue weighted by atomic mass is 9.89. The lowest BCUT2D eigenvalue weighted by Gasteiger charge is -2.35. The largest absolute Gasteiger partial charge is 0.378 e. The fraction of sp³-hybridized carbons (Fsp3) is 0.727. The van der Waals surface area contributed by atoms with E-state index in [1.165, 1.54) is 0 Å². The minimum absolute atomic E-state index is 0.482. The van der Waals surface area contributed by atoms with Crippen molar-refractivity contribution in [2.24, 2.45) is 0 Å². The topological polar surface area (TPSA) is 49.9 Å². The fourth-order valence-electron chi connectivity index (χ4n) is 1.92. The summed E-state index contributed by atoms with van der Waals surface area (Å²) in [6, 6.07) is 0.616. The summed E-state index contributed by atoms with van der Waals surface area (Å²) in [6.45, 7) is 5.73. The molecule has 0 saturated heterocycles. The molecule has 0 aliphatic heterocycles. The number of imidazole rings is 1. The van der Waals surface area contributed by atoms with Crippen LogP contribution in [0.25, 0.3) is 0 Å². The lowest BCUT2D eigenvalue weighted by Crippen LogP contribution is -2.45. The zero-order chi connectivity index (χ0) is 10.7. The second-order valence-electron chi connectivity index (χ2n) is 4.12. The number of nitrogens with zero attached hydrogens (tertiary/aromatic N) is 1. The van der Waals surface area contributed by atoms with Crippen molar-refractivity contribution in [3.63, 3.8) is 0 Å². The molecule has 4 heteroatoms. The molecule has 1 heterocycles. The van der Waals surface area contributed by atoms with Crippen molar-refractivity contribution in [3.05, 3.63) is 17.7 Å². The van der Waals surface area contributed by atoms with E-state index in [2.05, 4.69) is 15.3 Å². The first-order valence-electron chi connectivity index (χ1n) is 5.63. The number of nitrogens with one attached hydrogen (secondary N) is 2. The first-order valence-corrected chi connectivity index (χ1v) is 5.63. The third-order valence-corrected chi connectivity index (χ3v) is 2.83. The van der Waals surface area contributed by atoms with Crippen LogP contribution in [-0.2, 0) is 11.3 Å². The maximum absolute atomic E-state index is 5.50. The Balaban J connectivity index is 1.64. The minimum atomic E-state index is 0.482. The molecule has 0 radical (unpaired) electrons. The number of aryl methyl sites for hydroxylation is 1. The number of H-pyrrole nitrogens is 1. The van der Waals surface area contributed by atoms with Gasteiger partial charge in [-0.25, -0.2) is 4.98 Å². The van der Waals surface area contributed by atoms with Crippen LogP contribution in [0.2, 0.25) is 0 Å². The lowest BCUT2D eigenvalue weighted by molar-refractivity contribution is -0.0103. The van der Waals surface area contributed by atoms with Crippen LogP contribution in [0.15, 0.2) is 6.20 Å². The molecule has 15 heavy (non-hydrogen) atoms. The van der Waals surface area contributed by atoms with Gasteiger partial charge in [0.2, 0.25) is 0 Å². The van der Waals surface area contributed by atoms with E-state index >= 15 is 0 Å².